The smallest absolute Gasteiger partial charge is 0.224 e. The summed E-state index contributed by atoms with van der Waals surface area (Å²) in [5.41, 5.74) is -0.734. The fourth-order valence-electron chi connectivity index (χ4n) is 2.06. The molecule has 1 unspecified atom stereocenters. The van der Waals surface area contributed by atoms with Crippen LogP contribution < -0.4 is 5.32 Å². The van der Waals surface area contributed by atoms with E-state index in [9.17, 15) is 5.11 Å². The minimum absolute atomic E-state index is 0.460. The molecular formula is C13H19N3OS. The minimum Gasteiger partial charge on any atom is -0.388 e. The third-order valence-corrected chi connectivity index (χ3v) is 3.51. The molecule has 1 atom stereocenters. The Balaban J connectivity index is 2.00. The van der Waals surface area contributed by atoms with E-state index in [4.69, 9.17) is 0 Å². The van der Waals surface area contributed by atoms with Gasteiger partial charge >= 0.3 is 0 Å². The maximum absolute atomic E-state index is 10.2. The van der Waals surface area contributed by atoms with Crippen LogP contribution in [0.15, 0.2) is 17.6 Å². The summed E-state index contributed by atoms with van der Waals surface area (Å²) >= 11 is 1.59. The summed E-state index contributed by atoms with van der Waals surface area (Å²) in [6.07, 6.45) is 2.56. The second kappa shape index (κ2) is 5.20. The summed E-state index contributed by atoms with van der Waals surface area (Å²) in [5.74, 6) is 1.04. The first-order valence-electron chi connectivity index (χ1n) is 6.13. The third-order valence-electron chi connectivity index (χ3n) is 2.68. The van der Waals surface area contributed by atoms with Gasteiger partial charge in [-0.15, -0.1) is 11.3 Å². The van der Waals surface area contributed by atoms with E-state index in [1.165, 1.54) is 0 Å². The molecule has 0 saturated carbocycles. The van der Waals surface area contributed by atoms with Crippen LogP contribution in [0, 0.1) is 5.92 Å². The molecule has 5 heteroatoms. The number of hydrogen-bond donors (Lipinski definition) is 2. The molecule has 4 nitrogen and oxygen atoms in total. The van der Waals surface area contributed by atoms with Crippen molar-refractivity contribution >= 4 is 27.5 Å². The van der Waals surface area contributed by atoms with Gasteiger partial charge in [-0.1, -0.05) is 13.8 Å². The Morgan fingerprint density at radius 3 is 3.00 bits per heavy atom. The van der Waals surface area contributed by atoms with Crippen molar-refractivity contribution < 1.29 is 5.11 Å². The molecule has 0 fully saturated rings. The molecule has 2 aromatic rings. The lowest BCUT2D eigenvalue weighted by atomic mass is 9.94. The van der Waals surface area contributed by atoms with Gasteiger partial charge in [-0.25, -0.2) is 9.97 Å². The van der Waals surface area contributed by atoms with Crippen LogP contribution >= 0.6 is 11.3 Å². The Bertz CT molecular complexity index is 522. The van der Waals surface area contributed by atoms with Crippen molar-refractivity contribution in [3.05, 3.63) is 17.6 Å². The lowest BCUT2D eigenvalue weighted by Gasteiger charge is -2.25. The van der Waals surface area contributed by atoms with Gasteiger partial charge in [0, 0.05) is 18.1 Å². The van der Waals surface area contributed by atoms with E-state index in [0.717, 1.165) is 16.6 Å². The predicted octanol–water partition coefficient (Wildman–Crippen LogP) is 2.90. The zero-order chi connectivity index (χ0) is 13.2. The average Bonchev–Trinajstić information content (AvgIpc) is 2.71. The summed E-state index contributed by atoms with van der Waals surface area (Å²) in [4.78, 5) is 9.61. The molecule has 0 spiro atoms. The van der Waals surface area contributed by atoms with E-state index in [1.807, 2.05) is 18.4 Å². The Morgan fingerprint density at radius 2 is 2.28 bits per heavy atom. The second-order valence-corrected chi connectivity index (χ2v) is 6.22. The first-order chi connectivity index (χ1) is 8.46. The first kappa shape index (κ1) is 13.2. The molecule has 0 amide bonds. The monoisotopic (exact) mass is 265 g/mol. The van der Waals surface area contributed by atoms with Gasteiger partial charge in [0.15, 0.2) is 0 Å². The molecule has 2 aromatic heterocycles. The van der Waals surface area contributed by atoms with Crippen molar-refractivity contribution in [1.29, 1.82) is 0 Å². The summed E-state index contributed by atoms with van der Waals surface area (Å²) < 4.78 is 0. The fraction of sp³-hybridized carbons (Fsp3) is 0.538. The SMILES string of the molecule is CC(C)CC(C)(O)CNc1ncc2ccsc2n1. The predicted molar refractivity (Wildman–Crippen MR) is 76.0 cm³/mol. The number of hydrogen-bond acceptors (Lipinski definition) is 5. The topological polar surface area (TPSA) is 58.0 Å². The van der Waals surface area contributed by atoms with Crippen molar-refractivity contribution in [2.75, 3.05) is 11.9 Å². The lowest BCUT2D eigenvalue weighted by molar-refractivity contribution is 0.0514. The summed E-state index contributed by atoms with van der Waals surface area (Å²) in [5, 5.41) is 16.4. The van der Waals surface area contributed by atoms with Crippen molar-refractivity contribution in [2.24, 2.45) is 5.92 Å². The fourth-order valence-corrected chi connectivity index (χ4v) is 2.80. The van der Waals surface area contributed by atoms with Crippen LogP contribution in [0.3, 0.4) is 0 Å². The van der Waals surface area contributed by atoms with Crippen LogP contribution in [-0.4, -0.2) is 27.2 Å². The van der Waals surface area contributed by atoms with Crippen LogP contribution in [-0.2, 0) is 0 Å². The van der Waals surface area contributed by atoms with Gasteiger partial charge in [0.25, 0.3) is 0 Å². The van der Waals surface area contributed by atoms with Crippen LogP contribution in [0.2, 0.25) is 0 Å². The Hall–Kier alpha value is -1.20. The van der Waals surface area contributed by atoms with E-state index in [-0.39, 0.29) is 0 Å². The van der Waals surface area contributed by atoms with Crippen molar-refractivity contribution in [3.8, 4) is 0 Å². The molecular weight excluding hydrogens is 246 g/mol. The van der Waals surface area contributed by atoms with Gasteiger partial charge in [-0.05, 0) is 30.7 Å². The van der Waals surface area contributed by atoms with Gasteiger partial charge in [0.1, 0.15) is 4.83 Å². The molecule has 0 bridgehead atoms. The number of aromatic nitrogens is 2. The molecule has 0 radical (unpaired) electrons. The highest BCUT2D eigenvalue weighted by atomic mass is 32.1. The zero-order valence-electron chi connectivity index (χ0n) is 11.0. The van der Waals surface area contributed by atoms with Crippen LogP contribution in [0.1, 0.15) is 27.2 Å². The summed E-state index contributed by atoms with van der Waals surface area (Å²) in [6.45, 7) is 6.50. The third kappa shape index (κ3) is 3.40. The van der Waals surface area contributed by atoms with Crippen LogP contribution in [0.5, 0.6) is 0 Å². The maximum Gasteiger partial charge on any atom is 0.224 e. The van der Waals surface area contributed by atoms with E-state index in [0.29, 0.717) is 18.4 Å². The van der Waals surface area contributed by atoms with Gasteiger partial charge in [0.2, 0.25) is 5.95 Å². The van der Waals surface area contributed by atoms with Crippen LogP contribution in [0.25, 0.3) is 10.2 Å². The number of fused-ring (bicyclic) bond motifs is 1. The molecule has 2 rings (SSSR count). The number of nitrogens with zero attached hydrogens (tertiary/aromatic N) is 2. The Morgan fingerprint density at radius 1 is 1.50 bits per heavy atom. The lowest BCUT2D eigenvalue weighted by Crippen LogP contribution is -2.35. The Labute approximate surface area is 111 Å². The normalized spacial score (nSPS) is 14.9. The summed E-state index contributed by atoms with van der Waals surface area (Å²) in [7, 11) is 0. The zero-order valence-corrected chi connectivity index (χ0v) is 11.8. The number of aliphatic hydroxyl groups is 1. The molecule has 2 N–H and O–H groups in total. The van der Waals surface area contributed by atoms with Gasteiger partial charge in [-0.3, -0.25) is 0 Å². The number of anilines is 1. The molecule has 0 aliphatic rings. The standard InChI is InChI=1S/C13H19N3OS/c1-9(2)6-13(3,17)8-15-12-14-7-10-4-5-18-11(10)16-12/h4-5,7,9,17H,6,8H2,1-3H3,(H,14,15,16). The first-order valence-corrected chi connectivity index (χ1v) is 7.01. The highest BCUT2D eigenvalue weighted by Crippen LogP contribution is 2.20. The minimum atomic E-state index is -0.734. The van der Waals surface area contributed by atoms with E-state index >= 15 is 0 Å². The number of thiophene rings is 1. The highest BCUT2D eigenvalue weighted by molar-refractivity contribution is 7.16. The van der Waals surface area contributed by atoms with Crippen molar-refractivity contribution in [1.82, 2.24) is 9.97 Å². The van der Waals surface area contributed by atoms with E-state index < -0.39 is 5.60 Å². The Kier molecular flexibility index (Phi) is 3.82. The molecule has 98 valence electrons. The van der Waals surface area contributed by atoms with Gasteiger partial charge < -0.3 is 10.4 Å². The molecule has 18 heavy (non-hydrogen) atoms. The van der Waals surface area contributed by atoms with E-state index in [1.54, 1.807) is 17.5 Å². The van der Waals surface area contributed by atoms with Gasteiger partial charge in [0.05, 0.1) is 5.60 Å². The molecule has 0 aliphatic heterocycles. The van der Waals surface area contributed by atoms with Crippen LogP contribution in [0.4, 0.5) is 5.95 Å². The number of nitrogens with one attached hydrogen (secondary N) is 1. The molecule has 0 aromatic carbocycles. The van der Waals surface area contributed by atoms with E-state index in [2.05, 4.69) is 29.1 Å². The molecule has 2 heterocycles. The van der Waals surface area contributed by atoms with Crippen molar-refractivity contribution in [2.45, 2.75) is 32.8 Å². The second-order valence-electron chi connectivity index (χ2n) is 5.32. The quantitative estimate of drug-likeness (QED) is 0.872. The average molecular weight is 265 g/mol. The summed E-state index contributed by atoms with van der Waals surface area (Å²) in [6, 6.07) is 2.00. The highest BCUT2D eigenvalue weighted by Gasteiger charge is 2.21. The van der Waals surface area contributed by atoms with Gasteiger partial charge in [-0.2, -0.15) is 0 Å². The molecule has 0 aliphatic carbocycles. The number of rotatable bonds is 5. The maximum atomic E-state index is 10.2. The largest absolute Gasteiger partial charge is 0.388 e. The van der Waals surface area contributed by atoms with Crippen molar-refractivity contribution in [3.63, 3.8) is 0 Å². The molecule has 0 saturated heterocycles.